The van der Waals surface area contributed by atoms with Gasteiger partial charge in [0.2, 0.25) is 5.95 Å². The quantitative estimate of drug-likeness (QED) is 0.695. The Hall–Kier alpha value is -3.24. The van der Waals surface area contributed by atoms with Crippen LogP contribution in [0.4, 0.5) is 5.95 Å². The van der Waals surface area contributed by atoms with Gasteiger partial charge in [0, 0.05) is 45.5 Å². The van der Waals surface area contributed by atoms with Crippen LogP contribution in [0.1, 0.15) is 18.2 Å². The number of nitrogens with zero attached hydrogens (tertiary/aromatic N) is 6. The van der Waals surface area contributed by atoms with E-state index in [1.165, 1.54) is 5.56 Å². The molecule has 0 amide bonds. The number of fused-ring (bicyclic) bond motifs is 1. The summed E-state index contributed by atoms with van der Waals surface area (Å²) in [6.07, 6.45) is 1.72. The van der Waals surface area contributed by atoms with E-state index in [9.17, 15) is 10.1 Å². The van der Waals surface area contributed by atoms with E-state index in [-0.39, 0.29) is 11.3 Å². The first kappa shape index (κ1) is 18.1. The summed E-state index contributed by atoms with van der Waals surface area (Å²) < 4.78 is 1.56. The molecule has 0 unspecified atom stereocenters. The highest BCUT2D eigenvalue weighted by Gasteiger charge is 2.21. The Morgan fingerprint density at radius 1 is 1.07 bits per heavy atom. The Morgan fingerprint density at radius 3 is 2.50 bits per heavy atom. The van der Waals surface area contributed by atoms with Crippen LogP contribution in [0, 0.1) is 11.3 Å². The standard InChI is InChI=1S/C21H22N6O/c1-2-26-9-8-17-19(20(26)28)18(14-22)24-21(23-17)27-12-10-25(11-13-27)15-16-6-4-3-5-7-16/h3-9H,2,10-13,15H2,1H3. The van der Waals surface area contributed by atoms with Crippen molar-refractivity contribution in [2.24, 2.45) is 0 Å². The lowest BCUT2D eigenvalue weighted by molar-refractivity contribution is 0.249. The molecule has 1 aromatic carbocycles. The highest BCUT2D eigenvalue weighted by atomic mass is 16.1. The molecule has 7 nitrogen and oxygen atoms in total. The maximum atomic E-state index is 12.6. The van der Waals surface area contributed by atoms with Crippen molar-refractivity contribution in [3.63, 3.8) is 0 Å². The van der Waals surface area contributed by atoms with E-state index in [2.05, 4.69) is 50.1 Å². The number of pyridine rings is 1. The van der Waals surface area contributed by atoms with Crippen LogP contribution in [0.5, 0.6) is 0 Å². The summed E-state index contributed by atoms with van der Waals surface area (Å²) in [5.41, 5.74) is 1.77. The van der Waals surface area contributed by atoms with Gasteiger partial charge in [-0.05, 0) is 18.6 Å². The normalized spacial score (nSPS) is 14.9. The number of piperazine rings is 1. The Labute approximate surface area is 163 Å². The van der Waals surface area contributed by atoms with Gasteiger partial charge >= 0.3 is 0 Å². The molecule has 4 rings (SSSR count). The second-order valence-corrected chi connectivity index (χ2v) is 6.90. The number of aromatic nitrogens is 3. The lowest BCUT2D eigenvalue weighted by Gasteiger charge is -2.34. The molecule has 3 heterocycles. The Morgan fingerprint density at radius 2 is 1.82 bits per heavy atom. The summed E-state index contributed by atoms with van der Waals surface area (Å²) in [6.45, 7) is 6.73. The zero-order chi connectivity index (χ0) is 19.5. The average Bonchev–Trinajstić information content (AvgIpc) is 2.74. The van der Waals surface area contributed by atoms with Gasteiger partial charge in [0.1, 0.15) is 11.5 Å². The molecular weight excluding hydrogens is 352 g/mol. The van der Waals surface area contributed by atoms with Crippen LogP contribution in [0.25, 0.3) is 10.9 Å². The number of hydrogen-bond acceptors (Lipinski definition) is 6. The third kappa shape index (κ3) is 3.47. The molecule has 0 saturated carbocycles. The van der Waals surface area contributed by atoms with Crippen molar-refractivity contribution in [2.45, 2.75) is 20.0 Å². The fourth-order valence-corrected chi connectivity index (χ4v) is 3.59. The van der Waals surface area contributed by atoms with Crippen LogP contribution in [0.3, 0.4) is 0 Å². The fourth-order valence-electron chi connectivity index (χ4n) is 3.59. The van der Waals surface area contributed by atoms with Gasteiger partial charge in [0.15, 0.2) is 5.69 Å². The molecule has 2 aromatic heterocycles. The monoisotopic (exact) mass is 374 g/mol. The molecule has 0 N–H and O–H groups in total. The molecule has 1 fully saturated rings. The van der Waals surface area contributed by atoms with Gasteiger partial charge in [-0.1, -0.05) is 30.3 Å². The molecule has 7 heteroatoms. The first-order valence-electron chi connectivity index (χ1n) is 9.52. The second kappa shape index (κ2) is 7.79. The van der Waals surface area contributed by atoms with Gasteiger partial charge in [0.05, 0.1) is 5.52 Å². The van der Waals surface area contributed by atoms with Gasteiger partial charge in [-0.3, -0.25) is 9.69 Å². The molecule has 0 spiro atoms. The van der Waals surface area contributed by atoms with E-state index in [0.29, 0.717) is 23.4 Å². The number of rotatable bonds is 4. The van der Waals surface area contributed by atoms with Crippen LogP contribution in [0.2, 0.25) is 0 Å². The van der Waals surface area contributed by atoms with Gasteiger partial charge < -0.3 is 9.47 Å². The summed E-state index contributed by atoms with van der Waals surface area (Å²) in [5, 5.41) is 9.84. The average molecular weight is 374 g/mol. The first-order chi connectivity index (χ1) is 13.7. The van der Waals surface area contributed by atoms with Crippen molar-refractivity contribution in [1.29, 1.82) is 5.26 Å². The molecular formula is C21H22N6O. The van der Waals surface area contributed by atoms with Crippen molar-refractivity contribution in [3.05, 3.63) is 64.2 Å². The third-order valence-electron chi connectivity index (χ3n) is 5.16. The third-order valence-corrected chi connectivity index (χ3v) is 5.16. The van der Waals surface area contributed by atoms with Gasteiger partial charge in [-0.2, -0.15) is 5.26 Å². The van der Waals surface area contributed by atoms with Gasteiger partial charge in [-0.25, -0.2) is 9.97 Å². The minimum absolute atomic E-state index is 0.152. The maximum Gasteiger partial charge on any atom is 0.262 e. The van der Waals surface area contributed by atoms with Crippen LogP contribution >= 0.6 is 0 Å². The topological polar surface area (TPSA) is 78.1 Å². The number of nitriles is 1. The Bertz CT molecular complexity index is 1080. The molecule has 28 heavy (non-hydrogen) atoms. The first-order valence-corrected chi connectivity index (χ1v) is 9.52. The van der Waals surface area contributed by atoms with Gasteiger partial charge in [0.25, 0.3) is 5.56 Å². The lowest BCUT2D eigenvalue weighted by Crippen LogP contribution is -2.46. The van der Waals surface area contributed by atoms with E-state index < -0.39 is 0 Å². The summed E-state index contributed by atoms with van der Waals surface area (Å²) in [4.78, 5) is 26.0. The van der Waals surface area contributed by atoms with E-state index >= 15 is 0 Å². The van der Waals surface area contributed by atoms with Crippen molar-refractivity contribution in [3.8, 4) is 6.07 Å². The number of benzene rings is 1. The lowest BCUT2D eigenvalue weighted by atomic mass is 10.2. The molecule has 0 atom stereocenters. The van der Waals surface area contributed by atoms with E-state index in [1.807, 2.05) is 13.0 Å². The smallest absolute Gasteiger partial charge is 0.262 e. The molecule has 3 aromatic rings. The van der Waals surface area contributed by atoms with Crippen molar-refractivity contribution < 1.29 is 0 Å². The largest absolute Gasteiger partial charge is 0.338 e. The number of hydrogen-bond donors (Lipinski definition) is 0. The van der Waals surface area contributed by atoms with Crippen molar-refractivity contribution in [1.82, 2.24) is 19.4 Å². The number of aryl methyl sites for hydroxylation is 1. The highest BCUT2D eigenvalue weighted by Crippen LogP contribution is 2.18. The molecule has 142 valence electrons. The predicted molar refractivity (Wildman–Crippen MR) is 108 cm³/mol. The van der Waals surface area contributed by atoms with E-state index in [4.69, 9.17) is 0 Å². The summed E-state index contributed by atoms with van der Waals surface area (Å²) in [6, 6.07) is 14.3. The Balaban J connectivity index is 1.55. The summed E-state index contributed by atoms with van der Waals surface area (Å²) >= 11 is 0. The van der Waals surface area contributed by atoms with Crippen molar-refractivity contribution in [2.75, 3.05) is 31.1 Å². The van der Waals surface area contributed by atoms with Crippen LogP contribution in [0.15, 0.2) is 47.4 Å². The molecule has 1 saturated heterocycles. The SMILES string of the molecule is CCn1ccc2nc(N3CCN(Cc4ccccc4)CC3)nc(C#N)c2c1=O. The second-order valence-electron chi connectivity index (χ2n) is 6.90. The highest BCUT2D eigenvalue weighted by molar-refractivity contribution is 5.83. The zero-order valence-electron chi connectivity index (χ0n) is 15.9. The minimum atomic E-state index is -0.212. The van der Waals surface area contributed by atoms with Crippen molar-refractivity contribution >= 4 is 16.9 Å². The van der Waals surface area contributed by atoms with E-state index in [1.54, 1.807) is 16.8 Å². The van der Waals surface area contributed by atoms with Gasteiger partial charge in [-0.15, -0.1) is 0 Å². The van der Waals surface area contributed by atoms with Crippen LogP contribution in [-0.4, -0.2) is 45.6 Å². The molecule has 0 radical (unpaired) electrons. The molecule has 0 bridgehead atoms. The predicted octanol–water partition coefficient (Wildman–Crippen LogP) is 2.01. The van der Waals surface area contributed by atoms with Crippen LogP contribution < -0.4 is 10.5 Å². The molecule has 1 aliphatic rings. The maximum absolute atomic E-state index is 12.6. The minimum Gasteiger partial charge on any atom is -0.338 e. The zero-order valence-corrected chi connectivity index (χ0v) is 15.9. The molecule has 1 aliphatic heterocycles. The van der Waals surface area contributed by atoms with Crippen LogP contribution in [-0.2, 0) is 13.1 Å². The van der Waals surface area contributed by atoms with E-state index in [0.717, 1.165) is 32.7 Å². The molecule has 0 aliphatic carbocycles. The Kier molecular flexibility index (Phi) is 5.04. The number of anilines is 1. The summed E-state index contributed by atoms with van der Waals surface area (Å²) in [5.74, 6) is 0.525. The fraction of sp³-hybridized carbons (Fsp3) is 0.333. The summed E-state index contributed by atoms with van der Waals surface area (Å²) in [7, 11) is 0.